The molecule has 28 heavy (non-hydrogen) atoms. The minimum absolute atomic E-state index is 0.208. The number of carbonyl (C=O) groups excluding carboxylic acids is 1. The normalized spacial score (nSPS) is 11.8. The number of allylic oxidation sites excluding steroid dienone is 1. The van der Waals surface area contributed by atoms with Gasteiger partial charge in [-0.1, -0.05) is 23.0 Å². The molecule has 2 heterocycles. The van der Waals surface area contributed by atoms with E-state index in [4.69, 9.17) is 9.26 Å². The quantitative estimate of drug-likeness (QED) is 0.457. The van der Waals surface area contributed by atoms with Crippen molar-refractivity contribution in [2.45, 2.75) is 30.8 Å². The third kappa shape index (κ3) is 4.42. The molecule has 1 amide bonds. The molecule has 1 unspecified atom stereocenters. The fraction of sp³-hybridized carbons (Fsp3) is 0.263. The zero-order valence-electron chi connectivity index (χ0n) is 15.9. The zero-order chi connectivity index (χ0) is 20.1. The van der Waals surface area contributed by atoms with E-state index >= 15 is 0 Å². The summed E-state index contributed by atoms with van der Waals surface area (Å²) < 4.78 is 12.1. The Kier molecular flexibility index (Phi) is 6.15. The number of methoxy groups -OCH3 is 1. The fourth-order valence-electron chi connectivity index (χ4n) is 2.48. The molecule has 0 radical (unpaired) electrons. The fourth-order valence-corrected chi connectivity index (χ4v) is 3.34. The Labute approximate surface area is 167 Å². The van der Waals surface area contributed by atoms with Crippen LogP contribution in [0, 0.1) is 6.92 Å². The van der Waals surface area contributed by atoms with Gasteiger partial charge in [0.05, 0.1) is 18.1 Å². The highest BCUT2D eigenvalue weighted by Crippen LogP contribution is 2.28. The Morgan fingerprint density at radius 1 is 1.39 bits per heavy atom. The van der Waals surface area contributed by atoms with Crippen molar-refractivity contribution in [2.75, 3.05) is 12.4 Å². The monoisotopic (exact) mass is 399 g/mol. The van der Waals surface area contributed by atoms with Gasteiger partial charge in [-0.3, -0.25) is 14.7 Å². The van der Waals surface area contributed by atoms with E-state index in [-0.39, 0.29) is 5.91 Å². The molecule has 0 bridgehead atoms. The second kappa shape index (κ2) is 8.75. The number of aromatic nitrogens is 4. The maximum Gasteiger partial charge on any atom is 0.240 e. The number of amides is 1. The molecule has 0 spiro atoms. The topological polar surface area (TPSA) is 95.1 Å². The van der Waals surface area contributed by atoms with E-state index in [1.807, 2.05) is 28.8 Å². The number of hydrogen-bond acceptors (Lipinski definition) is 7. The van der Waals surface area contributed by atoms with Crippen LogP contribution in [0.3, 0.4) is 0 Å². The summed E-state index contributed by atoms with van der Waals surface area (Å²) in [6, 6.07) is 9.23. The molecule has 3 aromatic rings. The highest BCUT2D eigenvalue weighted by Gasteiger charge is 2.21. The second-order valence-electron chi connectivity index (χ2n) is 6.02. The lowest BCUT2D eigenvalue weighted by Crippen LogP contribution is -2.22. The molecule has 1 aromatic carbocycles. The average molecular weight is 399 g/mol. The highest BCUT2D eigenvalue weighted by atomic mass is 32.2. The van der Waals surface area contributed by atoms with Crippen molar-refractivity contribution < 1.29 is 14.1 Å². The van der Waals surface area contributed by atoms with Crippen LogP contribution in [0.25, 0.3) is 11.4 Å². The highest BCUT2D eigenvalue weighted by molar-refractivity contribution is 8.00. The Balaban J connectivity index is 1.78. The molecule has 9 heteroatoms. The van der Waals surface area contributed by atoms with Gasteiger partial charge in [0.1, 0.15) is 5.75 Å². The molecule has 0 aliphatic carbocycles. The van der Waals surface area contributed by atoms with Crippen LogP contribution < -0.4 is 10.1 Å². The number of thioether (sulfide) groups is 1. The number of rotatable bonds is 8. The SMILES string of the molecule is C=CCn1c(SC(C)C(=O)Nc2cc(C)no2)nnc1-c1ccc(OC)cc1. The van der Waals surface area contributed by atoms with Crippen molar-refractivity contribution >= 4 is 23.6 Å². The van der Waals surface area contributed by atoms with Crippen molar-refractivity contribution in [3.05, 3.63) is 48.7 Å². The molecule has 3 rings (SSSR count). The van der Waals surface area contributed by atoms with Gasteiger partial charge < -0.3 is 9.26 Å². The summed E-state index contributed by atoms with van der Waals surface area (Å²) in [4.78, 5) is 12.4. The largest absolute Gasteiger partial charge is 0.497 e. The van der Waals surface area contributed by atoms with Crippen molar-refractivity contribution in [1.29, 1.82) is 0 Å². The van der Waals surface area contributed by atoms with E-state index in [9.17, 15) is 4.79 Å². The van der Waals surface area contributed by atoms with Gasteiger partial charge >= 0.3 is 0 Å². The predicted molar refractivity (Wildman–Crippen MR) is 107 cm³/mol. The summed E-state index contributed by atoms with van der Waals surface area (Å²) in [5.74, 6) is 1.58. The second-order valence-corrected chi connectivity index (χ2v) is 7.32. The molecule has 0 fully saturated rings. The van der Waals surface area contributed by atoms with Gasteiger partial charge in [0.25, 0.3) is 0 Å². The van der Waals surface area contributed by atoms with Crippen LogP contribution in [-0.4, -0.2) is 38.2 Å². The van der Waals surface area contributed by atoms with Gasteiger partial charge in [-0.05, 0) is 38.1 Å². The molecular weight excluding hydrogens is 378 g/mol. The van der Waals surface area contributed by atoms with Gasteiger partial charge in [0, 0.05) is 18.2 Å². The maximum absolute atomic E-state index is 12.4. The molecule has 146 valence electrons. The lowest BCUT2D eigenvalue weighted by atomic mass is 10.2. The molecule has 0 saturated heterocycles. The van der Waals surface area contributed by atoms with E-state index in [0.717, 1.165) is 11.3 Å². The number of carbonyl (C=O) groups is 1. The van der Waals surface area contributed by atoms with Crippen LogP contribution in [0.1, 0.15) is 12.6 Å². The lowest BCUT2D eigenvalue weighted by molar-refractivity contribution is -0.115. The summed E-state index contributed by atoms with van der Waals surface area (Å²) in [5.41, 5.74) is 1.60. The first-order valence-electron chi connectivity index (χ1n) is 8.61. The third-order valence-corrected chi connectivity index (χ3v) is 4.98. The Morgan fingerprint density at radius 2 is 2.14 bits per heavy atom. The Bertz CT molecular complexity index is 964. The van der Waals surface area contributed by atoms with E-state index in [0.29, 0.717) is 29.1 Å². The Hall–Kier alpha value is -3.07. The van der Waals surface area contributed by atoms with Crippen LogP contribution in [-0.2, 0) is 11.3 Å². The minimum Gasteiger partial charge on any atom is -0.497 e. The lowest BCUT2D eigenvalue weighted by Gasteiger charge is -2.12. The van der Waals surface area contributed by atoms with E-state index < -0.39 is 5.25 Å². The maximum atomic E-state index is 12.4. The first kappa shape index (κ1) is 19.7. The van der Waals surface area contributed by atoms with Gasteiger partial charge in [-0.25, -0.2) is 0 Å². The summed E-state index contributed by atoms with van der Waals surface area (Å²) in [6.45, 7) is 7.91. The number of nitrogens with one attached hydrogen (secondary N) is 1. The molecule has 1 atom stereocenters. The number of hydrogen-bond donors (Lipinski definition) is 1. The van der Waals surface area contributed by atoms with Crippen LogP contribution in [0.4, 0.5) is 5.88 Å². The number of anilines is 1. The molecule has 0 saturated carbocycles. The van der Waals surface area contributed by atoms with Crippen LogP contribution in [0.5, 0.6) is 5.75 Å². The van der Waals surface area contributed by atoms with Crippen LogP contribution in [0.15, 0.2) is 52.7 Å². The molecule has 0 aliphatic rings. The predicted octanol–water partition coefficient (Wildman–Crippen LogP) is 3.56. The standard InChI is InChI=1S/C19H21N5O3S/c1-5-10-24-17(14-6-8-15(26-4)9-7-14)21-22-19(24)28-13(3)18(25)20-16-11-12(2)23-27-16/h5-9,11,13H,1,10H2,2-4H3,(H,20,25). The molecule has 2 aromatic heterocycles. The van der Waals surface area contributed by atoms with Crippen molar-refractivity contribution in [2.24, 2.45) is 0 Å². The van der Waals surface area contributed by atoms with Crippen LogP contribution in [0.2, 0.25) is 0 Å². The van der Waals surface area contributed by atoms with Gasteiger partial charge in [-0.2, -0.15) is 0 Å². The van der Waals surface area contributed by atoms with Crippen LogP contribution >= 0.6 is 11.8 Å². The molecule has 8 nitrogen and oxygen atoms in total. The molecule has 0 aliphatic heterocycles. The molecular formula is C19H21N5O3S. The minimum atomic E-state index is -0.415. The van der Waals surface area contributed by atoms with Gasteiger partial charge in [0.15, 0.2) is 11.0 Å². The first-order chi connectivity index (χ1) is 13.5. The van der Waals surface area contributed by atoms with Crippen molar-refractivity contribution in [1.82, 2.24) is 19.9 Å². The van der Waals surface area contributed by atoms with E-state index in [2.05, 4.69) is 27.2 Å². The van der Waals surface area contributed by atoms with Crippen molar-refractivity contribution in [3.8, 4) is 17.1 Å². The number of ether oxygens (including phenoxy) is 1. The molecule has 1 N–H and O–H groups in total. The first-order valence-corrected chi connectivity index (χ1v) is 9.49. The summed E-state index contributed by atoms with van der Waals surface area (Å²) >= 11 is 1.31. The van der Waals surface area contributed by atoms with E-state index in [1.54, 1.807) is 33.1 Å². The smallest absolute Gasteiger partial charge is 0.240 e. The van der Waals surface area contributed by atoms with E-state index in [1.165, 1.54) is 11.8 Å². The summed E-state index contributed by atoms with van der Waals surface area (Å²) in [6.07, 6.45) is 1.77. The van der Waals surface area contributed by atoms with Gasteiger partial charge in [-0.15, -0.1) is 16.8 Å². The third-order valence-electron chi connectivity index (χ3n) is 3.90. The summed E-state index contributed by atoms with van der Waals surface area (Å²) in [7, 11) is 1.62. The summed E-state index contributed by atoms with van der Waals surface area (Å²) in [5, 5.41) is 15.2. The average Bonchev–Trinajstić information content (AvgIpc) is 3.28. The number of benzene rings is 1. The van der Waals surface area contributed by atoms with Crippen molar-refractivity contribution in [3.63, 3.8) is 0 Å². The zero-order valence-corrected chi connectivity index (χ0v) is 16.7. The van der Waals surface area contributed by atoms with Gasteiger partial charge in [0.2, 0.25) is 11.8 Å². The Morgan fingerprint density at radius 3 is 2.75 bits per heavy atom. The number of aryl methyl sites for hydroxylation is 1. The number of nitrogens with zero attached hydrogens (tertiary/aromatic N) is 4.